The number of carbonyl (C=O) groups excluding carboxylic acids is 2. The minimum Gasteiger partial charge on any atom is -0.504 e. The maximum Gasteiger partial charge on any atom is 0.282 e. The summed E-state index contributed by atoms with van der Waals surface area (Å²) < 4.78 is 5.02. The molecule has 0 aliphatic carbocycles. The van der Waals surface area contributed by atoms with E-state index in [0.717, 1.165) is 0 Å². The first-order valence-electron chi connectivity index (χ1n) is 8.42. The van der Waals surface area contributed by atoms with Gasteiger partial charge in [0.25, 0.3) is 17.5 Å². The van der Waals surface area contributed by atoms with Crippen molar-refractivity contribution in [1.29, 1.82) is 0 Å². The second-order valence-corrected chi connectivity index (χ2v) is 6.22. The van der Waals surface area contributed by atoms with E-state index in [0.29, 0.717) is 10.6 Å². The molecule has 0 bridgehead atoms. The topological polar surface area (TPSA) is 122 Å². The highest BCUT2D eigenvalue weighted by Gasteiger charge is 2.34. The van der Waals surface area contributed by atoms with Crippen LogP contribution in [0, 0.1) is 10.1 Å². The number of phenolic OH excluding ortho intramolecular Hbond substituents is 1. The van der Waals surface area contributed by atoms with Crippen LogP contribution in [0.15, 0.2) is 53.6 Å². The second-order valence-electron chi connectivity index (χ2n) is 6.22. The van der Waals surface area contributed by atoms with Crippen molar-refractivity contribution < 1.29 is 24.4 Å². The molecule has 2 amide bonds. The van der Waals surface area contributed by atoms with Gasteiger partial charge in [0.1, 0.15) is 0 Å². The van der Waals surface area contributed by atoms with E-state index < -0.39 is 16.7 Å². The third-order valence-corrected chi connectivity index (χ3v) is 4.59. The number of ether oxygens (including phenoxy) is 1. The molecule has 3 aromatic rings. The van der Waals surface area contributed by atoms with Crippen molar-refractivity contribution in [2.45, 2.75) is 0 Å². The highest BCUT2D eigenvalue weighted by atomic mass is 16.6. The number of carbonyl (C=O) groups is 2. The number of imide groups is 1. The van der Waals surface area contributed by atoms with Gasteiger partial charge in [0.15, 0.2) is 11.5 Å². The van der Waals surface area contributed by atoms with Crippen LogP contribution in [0.4, 0.5) is 5.69 Å². The van der Waals surface area contributed by atoms with E-state index in [-0.39, 0.29) is 39.1 Å². The van der Waals surface area contributed by atoms with Gasteiger partial charge in [-0.1, -0.05) is 6.07 Å². The van der Waals surface area contributed by atoms with E-state index in [9.17, 15) is 24.8 Å². The molecule has 9 nitrogen and oxygen atoms in total. The van der Waals surface area contributed by atoms with Crippen LogP contribution in [0.2, 0.25) is 0 Å². The number of methoxy groups -OCH3 is 1. The van der Waals surface area contributed by atoms with Crippen LogP contribution in [0.5, 0.6) is 11.5 Å². The molecule has 1 aliphatic heterocycles. The highest BCUT2D eigenvalue weighted by Crippen LogP contribution is 2.35. The van der Waals surface area contributed by atoms with Crippen molar-refractivity contribution in [3.05, 3.63) is 75.3 Å². The fraction of sp³-hybridized carbons (Fsp3) is 0.0500. The normalized spacial score (nSPS) is 13.3. The zero-order chi connectivity index (χ0) is 20.7. The van der Waals surface area contributed by atoms with Crippen LogP contribution in [-0.4, -0.2) is 40.2 Å². The Bertz CT molecular complexity index is 1210. The van der Waals surface area contributed by atoms with Gasteiger partial charge in [0, 0.05) is 11.5 Å². The lowest BCUT2D eigenvalue weighted by atomic mass is 9.94. The molecular formula is C20H13N3O6. The Morgan fingerprint density at radius 3 is 2.52 bits per heavy atom. The van der Waals surface area contributed by atoms with E-state index in [1.807, 2.05) is 0 Å². The van der Waals surface area contributed by atoms with E-state index in [2.05, 4.69) is 5.10 Å². The number of nitro groups is 1. The first-order chi connectivity index (χ1) is 13.9. The molecule has 3 aromatic carbocycles. The summed E-state index contributed by atoms with van der Waals surface area (Å²) in [5, 5.41) is 26.1. The Morgan fingerprint density at radius 2 is 1.83 bits per heavy atom. The first-order valence-corrected chi connectivity index (χ1v) is 8.42. The van der Waals surface area contributed by atoms with Crippen LogP contribution >= 0.6 is 0 Å². The number of aromatic hydroxyl groups is 1. The van der Waals surface area contributed by atoms with E-state index in [4.69, 9.17) is 4.74 Å². The fourth-order valence-corrected chi connectivity index (χ4v) is 3.23. The predicted octanol–water partition coefficient (Wildman–Crippen LogP) is 3.09. The number of amides is 2. The van der Waals surface area contributed by atoms with Gasteiger partial charge >= 0.3 is 0 Å². The SMILES string of the molecule is COc1cc(/C=N/N2C(=O)c3cccc4c([N+](=O)[O-])ccc(c34)C2=O)ccc1O. The summed E-state index contributed by atoms with van der Waals surface area (Å²) >= 11 is 0. The molecule has 0 fully saturated rings. The number of rotatable bonds is 4. The summed E-state index contributed by atoms with van der Waals surface area (Å²) in [4.78, 5) is 36.4. The molecule has 0 radical (unpaired) electrons. The lowest BCUT2D eigenvalue weighted by Crippen LogP contribution is -2.36. The van der Waals surface area contributed by atoms with Crippen molar-refractivity contribution in [2.24, 2.45) is 5.10 Å². The molecule has 9 heteroatoms. The molecule has 0 saturated heterocycles. The minimum atomic E-state index is -0.685. The molecule has 1 N–H and O–H groups in total. The van der Waals surface area contributed by atoms with Gasteiger partial charge in [0.2, 0.25) is 0 Å². The Morgan fingerprint density at radius 1 is 1.10 bits per heavy atom. The van der Waals surface area contributed by atoms with Crippen molar-refractivity contribution in [2.75, 3.05) is 7.11 Å². The number of nitro benzene ring substituents is 1. The third-order valence-electron chi connectivity index (χ3n) is 4.59. The van der Waals surface area contributed by atoms with Crippen LogP contribution in [0.25, 0.3) is 10.8 Å². The fourth-order valence-electron chi connectivity index (χ4n) is 3.23. The number of hydrogen-bond acceptors (Lipinski definition) is 7. The van der Waals surface area contributed by atoms with Crippen molar-refractivity contribution in [3.63, 3.8) is 0 Å². The molecule has 0 atom stereocenters. The zero-order valence-electron chi connectivity index (χ0n) is 15.0. The Kier molecular flexibility index (Phi) is 4.19. The number of phenols is 1. The molecule has 29 heavy (non-hydrogen) atoms. The highest BCUT2D eigenvalue weighted by molar-refractivity contribution is 6.26. The molecular weight excluding hydrogens is 378 g/mol. The average Bonchev–Trinajstić information content (AvgIpc) is 2.72. The van der Waals surface area contributed by atoms with Crippen molar-refractivity contribution in [3.8, 4) is 11.5 Å². The number of hydrazone groups is 1. The standard InChI is InChI=1S/C20H13N3O6/c1-29-17-9-11(5-8-16(17)24)10-21-22-19(25)13-4-2-3-12-15(23(27)28)7-6-14(18(12)13)20(22)26/h2-10,24H,1H3/b21-10+. The first kappa shape index (κ1) is 18.1. The van der Waals surface area contributed by atoms with Gasteiger partial charge in [-0.2, -0.15) is 10.1 Å². The van der Waals surface area contributed by atoms with E-state index >= 15 is 0 Å². The smallest absolute Gasteiger partial charge is 0.282 e. The average molecular weight is 391 g/mol. The summed E-state index contributed by atoms with van der Waals surface area (Å²) in [7, 11) is 1.39. The molecule has 4 rings (SSSR count). The number of benzene rings is 3. The number of hydrogen-bond donors (Lipinski definition) is 1. The van der Waals surface area contributed by atoms with Crippen LogP contribution in [-0.2, 0) is 0 Å². The molecule has 144 valence electrons. The third kappa shape index (κ3) is 2.85. The molecule has 0 spiro atoms. The molecule has 1 aliphatic rings. The summed E-state index contributed by atoms with van der Waals surface area (Å²) in [5.41, 5.74) is 0.620. The van der Waals surface area contributed by atoms with Gasteiger partial charge in [0.05, 0.1) is 34.8 Å². The number of nitrogens with zero attached hydrogens (tertiary/aromatic N) is 3. The monoisotopic (exact) mass is 391 g/mol. The van der Waals surface area contributed by atoms with Gasteiger partial charge in [-0.3, -0.25) is 19.7 Å². The van der Waals surface area contributed by atoms with Gasteiger partial charge in [-0.25, -0.2) is 0 Å². The summed E-state index contributed by atoms with van der Waals surface area (Å²) in [5.74, 6) is -1.21. The summed E-state index contributed by atoms with van der Waals surface area (Å²) in [6.45, 7) is 0. The zero-order valence-corrected chi connectivity index (χ0v) is 15.0. The summed E-state index contributed by atoms with van der Waals surface area (Å²) in [6.07, 6.45) is 1.29. The number of non-ortho nitro benzene ring substituents is 1. The van der Waals surface area contributed by atoms with Gasteiger partial charge < -0.3 is 9.84 Å². The van der Waals surface area contributed by atoms with Crippen LogP contribution in [0.3, 0.4) is 0 Å². The quantitative estimate of drug-likeness (QED) is 0.316. The Hall–Kier alpha value is -4.27. The van der Waals surface area contributed by atoms with Gasteiger partial charge in [-0.05, 0) is 42.0 Å². The minimum absolute atomic E-state index is 0.0584. The molecule has 0 aromatic heterocycles. The van der Waals surface area contributed by atoms with Gasteiger partial charge in [-0.15, -0.1) is 0 Å². The van der Waals surface area contributed by atoms with E-state index in [1.54, 1.807) is 0 Å². The molecule has 0 saturated carbocycles. The Labute approximate surface area is 163 Å². The largest absolute Gasteiger partial charge is 0.504 e. The molecule has 0 unspecified atom stereocenters. The second kappa shape index (κ2) is 6.71. The lowest BCUT2D eigenvalue weighted by Gasteiger charge is -2.23. The van der Waals surface area contributed by atoms with Crippen LogP contribution in [0.1, 0.15) is 26.3 Å². The van der Waals surface area contributed by atoms with Crippen molar-refractivity contribution >= 4 is 34.5 Å². The summed E-state index contributed by atoms with van der Waals surface area (Å²) in [6, 6.07) is 11.5. The predicted molar refractivity (Wildman–Crippen MR) is 103 cm³/mol. The maximum absolute atomic E-state index is 12.9. The lowest BCUT2D eigenvalue weighted by molar-refractivity contribution is -0.383. The van der Waals surface area contributed by atoms with Crippen molar-refractivity contribution in [1.82, 2.24) is 5.01 Å². The van der Waals surface area contributed by atoms with Crippen LogP contribution < -0.4 is 4.74 Å². The maximum atomic E-state index is 12.9. The van der Waals surface area contributed by atoms with E-state index in [1.165, 1.54) is 61.9 Å². The Balaban J connectivity index is 1.79. The molecule has 1 heterocycles.